The predicted octanol–water partition coefficient (Wildman–Crippen LogP) is 2.12. The number of nitrogens with zero attached hydrogens (tertiary/aromatic N) is 1. The third-order valence-corrected chi connectivity index (χ3v) is 3.25. The van der Waals surface area contributed by atoms with Gasteiger partial charge in [0.2, 0.25) is 0 Å². The number of hydrogen-bond donors (Lipinski definition) is 1. The summed E-state index contributed by atoms with van der Waals surface area (Å²) in [6, 6.07) is 0.498. The molecule has 1 aliphatic carbocycles. The van der Waals surface area contributed by atoms with Crippen LogP contribution in [0, 0.1) is 12.3 Å². The van der Waals surface area contributed by atoms with Crippen molar-refractivity contribution in [3.8, 4) is 12.3 Å². The summed E-state index contributed by atoms with van der Waals surface area (Å²) in [7, 11) is 0. The zero-order valence-electron chi connectivity index (χ0n) is 9.82. The fourth-order valence-electron chi connectivity index (χ4n) is 2.37. The van der Waals surface area contributed by atoms with Crippen LogP contribution in [0.15, 0.2) is 0 Å². The minimum atomic E-state index is -0.740. The van der Waals surface area contributed by atoms with E-state index in [-0.39, 0.29) is 6.42 Å². The molecule has 0 spiro atoms. The number of terminal acetylenes is 1. The molecule has 1 fully saturated rings. The molecule has 0 heterocycles. The van der Waals surface area contributed by atoms with Gasteiger partial charge in [-0.05, 0) is 12.8 Å². The van der Waals surface area contributed by atoms with Gasteiger partial charge in [-0.1, -0.05) is 31.6 Å². The maximum Gasteiger partial charge on any atom is 0.304 e. The Morgan fingerprint density at radius 2 is 1.94 bits per heavy atom. The Morgan fingerprint density at radius 3 is 2.44 bits per heavy atom. The highest BCUT2D eigenvalue weighted by atomic mass is 16.4. The number of carboxylic acids is 1. The molecule has 16 heavy (non-hydrogen) atoms. The van der Waals surface area contributed by atoms with Crippen LogP contribution in [-0.4, -0.2) is 35.1 Å². The molecule has 1 saturated carbocycles. The molecule has 0 radical (unpaired) electrons. The van der Waals surface area contributed by atoms with Crippen LogP contribution in [0.2, 0.25) is 0 Å². The van der Waals surface area contributed by atoms with Gasteiger partial charge in [-0.25, -0.2) is 0 Å². The Balaban J connectivity index is 2.46. The fourth-order valence-corrected chi connectivity index (χ4v) is 2.37. The Bertz CT molecular complexity index is 249. The zero-order valence-corrected chi connectivity index (χ0v) is 9.82. The first-order valence-electron chi connectivity index (χ1n) is 6.13. The van der Waals surface area contributed by atoms with E-state index in [4.69, 9.17) is 11.5 Å². The molecule has 3 nitrogen and oxygen atoms in total. The zero-order chi connectivity index (χ0) is 11.8. The fraction of sp³-hybridized carbons (Fsp3) is 0.769. The molecule has 0 aliphatic heterocycles. The van der Waals surface area contributed by atoms with Crippen LogP contribution >= 0.6 is 0 Å². The average Bonchev–Trinajstić information content (AvgIpc) is 2.52. The minimum Gasteiger partial charge on any atom is -0.481 e. The molecule has 0 aromatic carbocycles. The molecule has 3 heteroatoms. The molecular formula is C13H21NO2. The lowest BCUT2D eigenvalue weighted by Crippen LogP contribution is -2.36. The van der Waals surface area contributed by atoms with Crippen LogP contribution in [0.3, 0.4) is 0 Å². The van der Waals surface area contributed by atoms with Crippen LogP contribution in [0.25, 0.3) is 0 Å². The first kappa shape index (κ1) is 13.1. The van der Waals surface area contributed by atoms with Crippen LogP contribution < -0.4 is 0 Å². The van der Waals surface area contributed by atoms with Gasteiger partial charge in [0.1, 0.15) is 0 Å². The van der Waals surface area contributed by atoms with E-state index >= 15 is 0 Å². The first-order valence-corrected chi connectivity index (χ1v) is 6.13. The van der Waals surface area contributed by atoms with Crippen molar-refractivity contribution in [1.29, 1.82) is 0 Å². The van der Waals surface area contributed by atoms with E-state index in [0.717, 1.165) is 0 Å². The van der Waals surface area contributed by atoms with Gasteiger partial charge in [0.15, 0.2) is 0 Å². The van der Waals surface area contributed by atoms with Crippen molar-refractivity contribution in [3.63, 3.8) is 0 Å². The quantitative estimate of drug-likeness (QED) is 0.573. The highest BCUT2D eigenvalue weighted by molar-refractivity contribution is 5.66. The molecule has 1 N–H and O–H groups in total. The van der Waals surface area contributed by atoms with Crippen LogP contribution in [0.4, 0.5) is 0 Å². The van der Waals surface area contributed by atoms with E-state index in [9.17, 15) is 4.79 Å². The highest BCUT2D eigenvalue weighted by Crippen LogP contribution is 2.21. The second-order valence-electron chi connectivity index (χ2n) is 4.46. The topological polar surface area (TPSA) is 40.5 Å². The Hall–Kier alpha value is -1.01. The minimum absolute atomic E-state index is 0.193. The number of hydrogen-bond acceptors (Lipinski definition) is 2. The van der Waals surface area contributed by atoms with E-state index in [1.165, 1.54) is 38.5 Å². The van der Waals surface area contributed by atoms with Crippen molar-refractivity contribution < 1.29 is 9.90 Å². The van der Waals surface area contributed by atoms with Crippen LogP contribution in [0.1, 0.15) is 44.9 Å². The van der Waals surface area contributed by atoms with Crippen molar-refractivity contribution in [1.82, 2.24) is 4.90 Å². The van der Waals surface area contributed by atoms with E-state index < -0.39 is 5.97 Å². The van der Waals surface area contributed by atoms with Gasteiger partial charge in [-0.3, -0.25) is 9.69 Å². The van der Waals surface area contributed by atoms with E-state index in [1.807, 2.05) is 0 Å². The van der Waals surface area contributed by atoms with Crippen LogP contribution in [-0.2, 0) is 4.79 Å². The van der Waals surface area contributed by atoms with Gasteiger partial charge in [-0.2, -0.15) is 0 Å². The molecule has 1 aliphatic rings. The van der Waals surface area contributed by atoms with Gasteiger partial charge in [0, 0.05) is 12.6 Å². The molecule has 1 rings (SSSR count). The van der Waals surface area contributed by atoms with Crippen molar-refractivity contribution in [2.45, 2.75) is 51.0 Å². The Kier molecular flexibility index (Phi) is 5.95. The SMILES string of the molecule is C#CCN(CCC(=O)O)C1CCCCCC1. The van der Waals surface area contributed by atoms with Gasteiger partial charge >= 0.3 is 5.97 Å². The summed E-state index contributed by atoms with van der Waals surface area (Å²) in [6.45, 7) is 1.17. The second kappa shape index (κ2) is 7.29. The average molecular weight is 223 g/mol. The summed E-state index contributed by atoms with van der Waals surface area (Å²) in [4.78, 5) is 12.7. The first-order chi connectivity index (χ1) is 7.74. The van der Waals surface area contributed by atoms with E-state index in [2.05, 4.69) is 10.8 Å². The van der Waals surface area contributed by atoms with Gasteiger partial charge in [-0.15, -0.1) is 6.42 Å². The Labute approximate surface area is 97.8 Å². The largest absolute Gasteiger partial charge is 0.481 e. The molecule has 0 amide bonds. The van der Waals surface area contributed by atoms with Crippen molar-refractivity contribution in [3.05, 3.63) is 0 Å². The smallest absolute Gasteiger partial charge is 0.304 e. The maximum atomic E-state index is 10.6. The molecule has 0 aromatic heterocycles. The molecular weight excluding hydrogens is 202 g/mol. The normalized spacial score (nSPS) is 18.0. The summed E-state index contributed by atoms with van der Waals surface area (Å²) < 4.78 is 0. The monoisotopic (exact) mass is 223 g/mol. The third-order valence-electron chi connectivity index (χ3n) is 3.25. The predicted molar refractivity (Wildman–Crippen MR) is 64.1 cm³/mol. The van der Waals surface area contributed by atoms with Gasteiger partial charge < -0.3 is 5.11 Å². The maximum absolute atomic E-state index is 10.6. The van der Waals surface area contributed by atoms with Crippen molar-refractivity contribution in [2.24, 2.45) is 0 Å². The molecule has 0 saturated heterocycles. The van der Waals surface area contributed by atoms with Gasteiger partial charge in [0.05, 0.1) is 13.0 Å². The summed E-state index contributed by atoms with van der Waals surface area (Å²) >= 11 is 0. The van der Waals surface area contributed by atoms with Crippen molar-refractivity contribution >= 4 is 5.97 Å². The number of rotatable bonds is 5. The van der Waals surface area contributed by atoms with Gasteiger partial charge in [0.25, 0.3) is 0 Å². The lowest BCUT2D eigenvalue weighted by atomic mass is 10.1. The Morgan fingerprint density at radius 1 is 1.31 bits per heavy atom. The molecule has 0 unspecified atom stereocenters. The summed E-state index contributed by atoms with van der Waals surface area (Å²) in [5.41, 5.74) is 0. The van der Waals surface area contributed by atoms with E-state index in [1.54, 1.807) is 0 Å². The second-order valence-corrected chi connectivity index (χ2v) is 4.46. The van der Waals surface area contributed by atoms with E-state index in [0.29, 0.717) is 19.1 Å². The number of carbonyl (C=O) groups is 1. The summed E-state index contributed by atoms with van der Waals surface area (Å²) in [6.07, 6.45) is 13.0. The lowest BCUT2D eigenvalue weighted by molar-refractivity contribution is -0.137. The van der Waals surface area contributed by atoms with Crippen LogP contribution in [0.5, 0.6) is 0 Å². The number of carboxylic acid groups (broad SMARTS) is 1. The highest BCUT2D eigenvalue weighted by Gasteiger charge is 2.19. The molecule has 90 valence electrons. The number of aliphatic carboxylic acids is 1. The lowest BCUT2D eigenvalue weighted by Gasteiger charge is -2.28. The third kappa shape index (κ3) is 4.67. The van der Waals surface area contributed by atoms with Crippen molar-refractivity contribution in [2.75, 3.05) is 13.1 Å². The standard InChI is InChI=1S/C13H21NO2/c1-2-10-14(11-9-13(15)16)12-7-5-3-4-6-8-12/h1,12H,3-11H2,(H,15,16). The summed E-state index contributed by atoms with van der Waals surface area (Å²) in [5, 5.41) is 8.71. The summed E-state index contributed by atoms with van der Waals surface area (Å²) in [5.74, 6) is 1.90. The molecule has 0 atom stereocenters. The molecule has 0 bridgehead atoms. The molecule has 0 aromatic rings.